The third-order valence-electron chi connectivity index (χ3n) is 2.53. The van der Waals surface area contributed by atoms with Crippen molar-refractivity contribution >= 4 is 27.5 Å². The van der Waals surface area contributed by atoms with E-state index in [0.717, 1.165) is 6.42 Å². The number of rotatable bonds is 4. The molecule has 106 valence electrons. The van der Waals surface area contributed by atoms with E-state index in [0.29, 0.717) is 10.2 Å². The van der Waals surface area contributed by atoms with Gasteiger partial charge < -0.3 is 11.1 Å². The zero-order valence-corrected chi connectivity index (χ0v) is 13.1. The van der Waals surface area contributed by atoms with Crippen LogP contribution in [0, 0.1) is 11.2 Å². The van der Waals surface area contributed by atoms with Crippen molar-refractivity contribution in [1.82, 2.24) is 0 Å². The summed E-state index contributed by atoms with van der Waals surface area (Å²) >= 11 is 3.20. The average molecular weight is 331 g/mol. The Morgan fingerprint density at radius 2 is 2.11 bits per heavy atom. The monoisotopic (exact) mass is 330 g/mol. The first kappa shape index (κ1) is 16.1. The van der Waals surface area contributed by atoms with Crippen LogP contribution in [0.25, 0.3) is 0 Å². The van der Waals surface area contributed by atoms with Crippen molar-refractivity contribution in [3.63, 3.8) is 0 Å². The van der Waals surface area contributed by atoms with Gasteiger partial charge >= 0.3 is 0 Å². The highest BCUT2D eigenvalue weighted by molar-refractivity contribution is 9.10. The van der Waals surface area contributed by atoms with Crippen LogP contribution in [0.2, 0.25) is 0 Å². The maximum Gasteiger partial charge on any atom is 0.225 e. The molecule has 0 aromatic heterocycles. The Bertz CT molecular complexity index is 457. The van der Waals surface area contributed by atoms with Gasteiger partial charge in [0.2, 0.25) is 5.91 Å². The van der Waals surface area contributed by atoms with Crippen LogP contribution >= 0.6 is 15.9 Å². The summed E-state index contributed by atoms with van der Waals surface area (Å²) in [6, 6.07) is 3.95. The number of hydrogen-bond donors (Lipinski definition) is 2. The smallest absolute Gasteiger partial charge is 0.225 e. The number of amides is 1. The first-order valence-electron chi connectivity index (χ1n) is 6.18. The fourth-order valence-corrected chi connectivity index (χ4v) is 2.34. The van der Waals surface area contributed by atoms with Crippen LogP contribution in [-0.4, -0.2) is 11.9 Å². The van der Waals surface area contributed by atoms with E-state index in [2.05, 4.69) is 42.0 Å². The average Bonchev–Trinajstić information content (AvgIpc) is 2.19. The fourth-order valence-electron chi connectivity index (χ4n) is 1.89. The molecule has 1 rings (SSSR count). The summed E-state index contributed by atoms with van der Waals surface area (Å²) in [5.41, 5.74) is 6.59. The van der Waals surface area contributed by atoms with Crippen molar-refractivity contribution in [3.05, 3.63) is 28.5 Å². The number of carbonyl (C=O) groups is 1. The standard InChI is InChI=1S/C14H20BrFN2O/c1-14(2,3)8-10(17)7-13(19)18-12-5-4-9(16)6-11(12)15/h4-6,10H,7-8,17H2,1-3H3,(H,18,19). The molecule has 19 heavy (non-hydrogen) atoms. The molecule has 1 aromatic rings. The van der Waals surface area contributed by atoms with Crippen LogP contribution in [0.15, 0.2) is 22.7 Å². The molecular formula is C14H20BrFN2O. The molecule has 0 spiro atoms. The summed E-state index contributed by atoms with van der Waals surface area (Å²) in [6.45, 7) is 6.25. The Kier molecular flexibility index (Phi) is 5.50. The molecular weight excluding hydrogens is 311 g/mol. The fraction of sp³-hybridized carbons (Fsp3) is 0.500. The Hall–Kier alpha value is -0.940. The Morgan fingerprint density at radius 1 is 1.47 bits per heavy atom. The molecule has 0 bridgehead atoms. The minimum atomic E-state index is -0.352. The normalized spacial score (nSPS) is 13.2. The van der Waals surface area contributed by atoms with Crippen LogP contribution in [-0.2, 0) is 4.79 Å². The lowest BCUT2D eigenvalue weighted by molar-refractivity contribution is -0.116. The molecule has 0 aliphatic carbocycles. The molecule has 0 saturated heterocycles. The van der Waals surface area contributed by atoms with Crippen molar-refractivity contribution in [1.29, 1.82) is 0 Å². The van der Waals surface area contributed by atoms with E-state index in [-0.39, 0.29) is 29.6 Å². The number of carbonyl (C=O) groups excluding carboxylic acids is 1. The highest BCUT2D eigenvalue weighted by Gasteiger charge is 2.18. The molecule has 5 heteroatoms. The van der Waals surface area contributed by atoms with Crippen molar-refractivity contribution in [2.24, 2.45) is 11.1 Å². The zero-order valence-electron chi connectivity index (χ0n) is 11.5. The maximum atomic E-state index is 12.9. The van der Waals surface area contributed by atoms with Crippen LogP contribution in [0.4, 0.5) is 10.1 Å². The van der Waals surface area contributed by atoms with Crippen molar-refractivity contribution in [2.45, 2.75) is 39.7 Å². The van der Waals surface area contributed by atoms with Gasteiger partial charge in [-0.1, -0.05) is 20.8 Å². The molecule has 1 unspecified atom stereocenters. The molecule has 0 radical (unpaired) electrons. The van der Waals surface area contributed by atoms with E-state index in [9.17, 15) is 9.18 Å². The lowest BCUT2D eigenvalue weighted by Crippen LogP contribution is -2.31. The molecule has 1 amide bonds. The Balaban J connectivity index is 2.56. The van der Waals surface area contributed by atoms with Gasteiger partial charge in [0.25, 0.3) is 0 Å². The highest BCUT2D eigenvalue weighted by atomic mass is 79.9. The van der Waals surface area contributed by atoms with Gasteiger partial charge in [-0.05, 0) is 46.0 Å². The number of halogens is 2. The van der Waals surface area contributed by atoms with E-state index in [1.54, 1.807) is 0 Å². The summed E-state index contributed by atoms with van der Waals surface area (Å²) in [5.74, 6) is -0.515. The summed E-state index contributed by atoms with van der Waals surface area (Å²) in [4.78, 5) is 11.8. The summed E-state index contributed by atoms with van der Waals surface area (Å²) in [5, 5.41) is 2.72. The van der Waals surface area contributed by atoms with E-state index in [4.69, 9.17) is 5.73 Å². The minimum absolute atomic E-state index is 0.0934. The largest absolute Gasteiger partial charge is 0.327 e. The van der Waals surface area contributed by atoms with E-state index >= 15 is 0 Å². The number of nitrogens with one attached hydrogen (secondary N) is 1. The van der Waals surface area contributed by atoms with Gasteiger partial charge in [-0.3, -0.25) is 4.79 Å². The molecule has 1 atom stereocenters. The van der Waals surface area contributed by atoms with E-state index in [1.807, 2.05) is 0 Å². The molecule has 0 fully saturated rings. The van der Waals surface area contributed by atoms with Crippen LogP contribution in [0.1, 0.15) is 33.6 Å². The minimum Gasteiger partial charge on any atom is -0.327 e. The van der Waals surface area contributed by atoms with Crippen molar-refractivity contribution < 1.29 is 9.18 Å². The third-order valence-corrected chi connectivity index (χ3v) is 3.18. The summed E-state index contributed by atoms with van der Waals surface area (Å²) < 4.78 is 13.4. The molecule has 0 heterocycles. The Labute approximate surface area is 121 Å². The highest BCUT2D eigenvalue weighted by Crippen LogP contribution is 2.24. The lowest BCUT2D eigenvalue weighted by Gasteiger charge is -2.22. The molecule has 0 saturated carbocycles. The Morgan fingerprint density at radius 3 is 2.63 bits per heavy atom. The number of hydrogen-bond acceptors (Lipinski definition) is 2. The van der Waals surface area contributed by atoms with Crippen LogP contribution in [0.5, 0.6) is 0 Å². The van der Waals surface area contributed by atoms with Crippen LogP contribution < -0.4 is 11.1 Å². The van der Waals surface area contributed by atoms with Gasteiger partial charge in [-0.25, -0.2) is 4.39 Å². The predicted molar refractivity (Wildman–Crippen MR) is 79.4 cm³/mol. The second kappa shape index (κ2) is 6.48. The van der Waals surface area contributed by atoms with E-state index in [1.165, 1.54) is 18.2 Å². The van der Waals surface area contributed by atoms with Crippen molar-refractivity contribution in [2.75, 3.05) is 5.32 Å². The first-order chi connectivity index (χ1) is 8.67. The second-order valence-corrected chi connectivity index (χ2v) is 6.76. The van der Waals surface area contributed by atoms with Gasteiger partial charge in [0, 0.05) is 16.9 Å². The quantitative estimate of drug-likeness (QED) is 0.884. The summed E-state index contributed by atoms with van der Waals surface area (Å²) in [6.07, 6.45) is 1.02. The SMILES string of the molecule is CC(C)(C)CC(N)CC(=O)Nc1ccc(F)cc1Br. The van der Waals surface area contributed by atoms with Crippen molar-refractivity contribution in [3.8, 4) is 0 Å². The molecule has 0 aliphatic heterocycles. The summed E-state index contributed by atoms with van der Waals surface area (Å²) in [7, 11) is 0. The van der Waals surface area contributed by atoms with Gasteiger partial charge in [-0.2, -0.15) is 0 Å². The van der Waals surface area contributed by atoms with E-state index < -0.39 is 0 Å². The van der Waals surface area contributed by atoms with Gasteiger partial charge in [0.1, 0.15) is 5.82 Å². The lowest BCUT2D eigenvalue weighted by atomic mass is 9.87. The molecule has 1 aromatic carbocycles. The van der Waals surface area contributed by atoms with Crippen LogP contribution in [0.3, 0.4) is 0 Å². The van der Waals surface area contributed by atoms with Gasteiger partial charge in [-0.15, -0.1) is 0 Å². The topological polar surface area (TPSA) is 55.1 Å². The second-order valence-electron chi connectivity index (χ2n) is 5.90. The molecule has 3 N–H and O–H groups in total. The van der Waals surface area contributed by atoms with Gasteiger partial charge in [0.05, 0.1) is 5.69 Å². The predicted octanol–water partition coefficient (Wildman–Crippen LogP) is 3.68. The third kappa shape index (κ3) is 6.16. The zero-order chi connectivity index (χ0) is 14.6. The number of benzene rings is 1. The number of anilines is 1. The number of nitrogens with two attached hydrogens (primary N) is 1. The molecule has 0 aliphatic rings. The first-order valence-corrected chi connectivity index (χ1v) is 6.97. The molecule has 3 nitrogen and oxygen atoms in total. The van der Waals surface area contributed by atoms with Gasteiger partial charge in [0.15, 0.2) is 0 Å². The maximum absolute atomic E-state index is 12.9.